The fraction of sp³-hybridized carbons (Fsp3) is 0.0909. The summed E-state index contributed by atoms with van der Waals surface area (Å²) in [6, 6.07) is 6.82. The number of ether oxygens (including phenoxy) is 1. The first-order valence-corrected chi connectivity index (χ1v) is 6.27. The third-order valence-corrected chi connectivity index (χ3v) is 3.66. The minimum absolute atomic E-state index is 0.00363. The zero-order chi connectivity index (χ0) is 12.4. The van der Waals surface area contributed by atoms with Crippen LogP contribution in [0.1, 0.15) is 10.4 Å². The van der Waals surface area contributed by atoms with Gasteiger partial charge in [-0.2, -0.15) is 0 Å². The summed E-state index contributed by atoms with van der Waals surface area (Å²) in [7, 11) is 1.34. The molecule has 0 radical (unpaired) electrons. The van der Waals surface area contributed by atoms with E-state index in [4.69, 9.17) is 0 Å². The number of nitrogens with zero attached hydrogens (tertiary/aromatic N) is 1. The molecule has 2 aromatic rings. The number of carbonyl (C=O) groups is 1. The maximum Gasteiger partial charge on any atom is 0.337 e. The largest absolute Gasteiger partial charge is 0.486 e. The van der Waals surface area contributed by atoms with Gasteiger partial charge < -0.3 is 9.84 Å². The Hall–Kier alpha value is -1.40. The Labute approximate surface area is 110 Å². The molecule has 1 aromatic carbocycles. The van der Waals surface area contributed by atoms with Gasteiger partial charge in [-0.3, -0.25) is 0 Å². The Bertz CT molecular complexity index is 550. The van der Waals surface area contributed by atoms with Crippen molar-refractivity contribution in [3.63, 3.8) is 0 Å². The van der Waals surface area contributed by atoms with Crippen molar-refractivity contribution in [2.45, 2.75) is 0 Å². The molecule has 0 bridgehead atoms. The van der Waals surface area contributed by atoms with Gasteiger partial charge in [-0.15, -0.1) is 0 Å². The first kappa shape index (κ1) is 12.1. The minimum atomic E-state index is -0.378. The van der Waals surface area contributed by atoms with Crippen LogP contribution in [0.5, 0.6) is 5.19 Å². The number of aromatic nitrogens is 1. The Morgan fingerprint density at radius 2 is 2.06 bits per heavy atom. The number of hydrogen-bond acceptors (Lipinski definition) is 5. The van der Waals surface area contributed by atoms with E-state index in [1.165, 1.54) is 7.11 Å². The van der Waals surface area contributed by atoms with Gasteiger partial charge >= 0.3 is 5.97 Å². The monoisotopic (exact) mass is 313 g/mol. The molecule has 17 heavy (non-hydrogen) atoms. The normalized spacial score (nSPS) is 10.2. The number of halogens is 1. The predicted octanol–water partition coefficient (Wildman–Crippen LogP) is 3.06. The average Bonchev–Trinajstić information content (AvgIpc) is 2.68. The number of thiazole rings is 1. The summed E-state index contributed by atoms with van der Waals surface area (Å²) in [5.74, 6) is -0.378. The van der Waals surface area contributed by atoms with Crippen LogP contribution in [0.3, 0.4) is 0 Å². The van der Waals surface area contributed by atoms with Gasteiger partial charge in [0.1, 0.15) is 3.79 Å². The van der Waals surface area contributed by atoms with Crippen LogP contribution in [-0.4, -0.2) is 23.2 Å². The lowest BCUT2D eigenvalue weighted by Crippen LogP contribution is -2.00. The van der Waals surface area contributed by atoms with E-state index in [9.17, 15) is 9.90 Å². The van der Waals surface area contributed by atoms with Crippen molar-refractivity contribution < 1.29 is 14.6 Å². The van der Waals surface area contributed by atoms with E-state index < -0.39 is 0 Å². The lowest BCUT2D eigenvalue weighted by molar-refractivity contribution is 0.0601. The van der Waals surface area contributed by atoms with Crippen molar-refractivity contribution in [1.82, 2.24) is 4.98 Å². The highest BCUT2D eigenvalue weighted by molar-refractivity contribution is 9.11. The summed E-state index contributed by atoms with van der Waals surface area (Å²) in [6.07, 6.45) is 0. The second-order valence-corrected chi connectivity index (χ2v) is 5.48. The Balaban J connectivity index is 2.35. The van der Waals surface area contributed by atoms with Crippen molar-refractivity contribution in [2.24, 2.45) is 0 Å². The van der Waals surface area contributed by atoms with Crippen LogP contribution in [0.25, 0.3) is 11.3 Å². The molecular weight excluding hydrogens is 306 g/mol. The zero-order valence-electron chi connectivity index (χ0n) is 8.81. The van der Waals surface area contributed by atoms with Crippen LogP contribution >= 0.6 is 27.3 Å². The van der Waals surface area contributed by atoms with Crippen molar-refractivity contribution in [2.75, 3.05) is 7.11 Å². The van der Waals surface area contributed by atoms with E-state index in [0.29, 0.717) is 11.3 Å². The highest BCUT2D eigenvalue weighted by atomic mass is 79.9. The molecule has 0 fully saturated rings. The molecule has 6 heteroatoms. The van der Waals surface area contributed by atoms with E-state index in [0.717, 1.165) is 20.7 Å². The highest BCUT2D eigenvalue weighted by Crippen LogP contribution is 2.35. The molecule has 0 aliphatic carbocycles. The number of aromatic hydroxyl groups is 1. The molecule has 0 aliphatic heterocycles. The lowest BCUT2D eigenvalue weighted by Gasteiger charge is -2.01. The van der Waals surface area contributed by atoms with Crippen LogP contribution in [0.15, 0.2) is 28.1 Å². The summed E-state index contributed by atoms with van der Waals surface area (Å²) in [4.78, 5) is 15.2. The van der Waals surface area contributed by atoms with Gasteiger partial charge in [0.25, 0.3) is 5.19 Å². The van der Waals surface area contributed by atoms with Crippen molar-refractivity contribution in [3.05, 3.63) is 33.6 Å². The molecule has 1 heterocycles. The van der Waals surface area contributed by atoms with Crippen LogP contribution in [-0.2, 0) is 4.74 Å². The van der Waals surface area contributed by atoms with Gasteiger partial charge in [-0.25, -0.2) is 9.78 Å². The lowest BCUT2D eigenvalue weighted by atomic mass is 10.1. The Morgan fingerprint density at radius 3 is 2.53 bits per heavy atom. The molecule has 1 aromatic heterocycles. The topological polar surface area (TPSA) is 59.4 Å². The van der Waals surface area contributed by atoms with Gasteiger partial charge in [0, 0.05) is 5.56 Å². The molecule has 4 nitrogen and oxygen atoms in total. The molecular formula is C11H8BrNO3S. The first-order valence-electron chi connectivity index (χ1n) is 4.66. The summed E-state index contributed by atoms with van der Waals surface area (Å²) in [6.45, 7) is 0. The highest BCUT2D eigenvalue weighted by Gasteiger charge is 2.11. The molecule has 0 unspecified atom stereocenters. The number of rotatable bonds is 2. The minimum Gasteiger partial charge on any atom is -0.486 e. The van der Waals surface area contributed by atoms with Crippen LogP contribution in [0.4, 0.5) is 0 Å². The first-order chi connectivity index (χ1) is 8.11. The standard InChI is InChI=1S/C11H8BrNO3S/c1-16-10(14)7-4-2-6(3-5-7)8-9(12)17-11(15)13-8/h2-5H,1H3,(H,13,15). The predicted molar refractivity (Wildman–Crippen MR) is 68.3 cm³/mol. The van der Waals surface area contributed by atoms with Gasteiger partial charge in [0.05, 0.1) is 18.4 Å². The molecule has 1 N–H and O–H groups in total. The summed E-state index contributed by atoms with van der Waals surface area (Å²) < 4.78 is 5.36. The Kier molecular flexibility index (Phi) is 3.44. The van der Waals surface area contributed by atoms with E-state index in [-0.39, 0.29) is 11.2 Å². The quantitative estimate of drug-likeness (QED) is 0.866. The van der Waals surface area contributed by atoms with Gasteiger partial charge in [0.15, 0.2) is 0 Å². The molecule has 0 saturated heterocycles. The summed E-state index contributed by atoms with van der Waals surface area (Å²) in [5, 5.41) is 9.28. The van der Waals surface area contributed by atoms with Crippen molar-refractivity contribution in [1.29, 1.82) is 0 Å². The van der Waals surface area contributed by atoms with E-state index >= 15 is 0 Å². The summed E-state index contributed by atoms with van der Waals surface area (Å²) >= 11 is 4.47. The number of hydrogen-bond donors (Lipinski definition) is 1. The van der Waals surface area contributed by atoms with E-state index in [1.54, 1.807) is 24.3 Å². The van der Waals surface area contributed by atoms with Gasteiger partial charge in [0.2, 0.25) is 0 Å². The molecule has 0 atom stereocenters. The molecule has 0 spiro atoms. The number of esters is 1. The molecule has 2 rings (SSSR count). The number of benzene rings is 1. The van der Waals surface area contributed by atoms with E-state index in [2.05, 4.69) is 25.7 Å². The van der Waals surface area contributed by atoms with Crippen molar-refractivity contribution in [3.8, 4) is 16.5 Å². The SMILES string of the molecule is COC(=O)c1ccc(-c2nc(O)sc2Br)cc1. The third-order valence-electron chi connectivity index (χ3n) is 2.15. The van der Waals surface area contributed by atoms with E-state index in [1.807, 2.05) is 0 Å². The fourth-order valence-electron chi connectivity index (χ4n) is 1.35. The van der Waals surface area contributed by atoms with Gasteiger partial charge in [-0.05, 0) is 28.1 Å². The molecule has 0 amide bonds. The second kappa shape index (κ2) is 4.85. The smallest absolute Gasteiger partial charge is 0.337 e. The fourth-order valence-corrected chi connectivity index (χ4v) is 2.66. The summed E-state index contributed by atoms with van der Waals surface area (Å²) in [5.41, 5.74) is 1.96. The Morgan fingerprint density at radius 1 is 1.41 bits per heavy atom. The van der Waals surface area contributed by atoms with Crippen molar-refractivity contribution >= 4 is 33.2 Å². The zero-order valence-corrected chi connectivity index (χ0v) is 11.2. The third kappa shape index (κ3) is 2.48. The van der Waals surface area contributed by atoms with Crippen LogP contribution in [0.2, 0.25) is 0 Å². The van der Waals surface area contributed by atoms with Crippen LogP contribution < -0.4 is 0 Å². The molecule has 88 valence electrons. The molecule has 0 saturated carbocycles. The maximum atomic E-state index is 11.2. The van der Waals surface area contributed by atoms with Crippen LogP contribution in [0, 0.1) is 0 Å². The second-order valence-electron chi connectivity index (χ2n) is 3.19. The number of carbonyl (C=O) groups excluding carboxylic acids is 1. The molecule has 0 aliphatic rings. The average molecular weight is 314 g/mol. The van der Waals surface area contributed by atoms with Gasteiger partial charge in [-0.1, -0.05) is 23.5 Å². The number of methoxy groups -OCH3 is 1. The maximum absolute atomic E-state index is 11.2.